The molecule has 1 unspecified atom stereocenters. The van der Waals surface area contributed by atoms with Crippen molar-refractivity contribution in [3.8, 4) is 0 Å². The number of hydrogen-bond donors (Lipinski definition) is 0. The summed E-state index contributed by atoms with van der Waals surface area (Å²) in [5.41, 5.74) is 2.07. The number of benzene rings is 1. The SMILES string of the molecule is CCC(Br)Cc1ccc([N+](=O)[O-])c(C)c1. The van der Waals surface area contributed by atoms with Gasteiger partial charge in [0.25, 0.3) is 5.69 Å². The zero-order chi connectivity index (χ0) is 11.4. The van der Waals surface area contributed by atoms with E-state index in [1.807, 2.05) is 12.1 Å². The molecule has 0 saturated heterocycles. The van der Waals surface area contributed by atoms with Gasteiger partial charge >= 0.3 is 0 Å². The average molecular weight is 272 g/mol. The Morgan fingerprint density at radius 3 is 2.67 bits per heavy atom. The summed E-state index contributed by atoms with van der Waals surface area (Å²) >= 11 is 3.55. The smallest absolute Gasteiger partial charge is 0.258 e. The highest BCUT2D eigenvalue weighted by molar-refractivity contribution is 9.09. The fourth-order valence-electron chi connectivity index (χ4n) is 1.45. The number of nitro groups is 1. The van der Waals surface area contributed by atoms with Crippen molar-refractivity contribution < 1.29 is 4.92 Å². The Morgan fingerprint density at radius 1 is 1.53 bits per heavy atom. The van der Waals surface area contributed by atoms with Gasteiger partial charge in [-0.3, -0.25) is 10.1 Å². The van der Waals surface area contributed by atoms with Gasteiger partial charge in [-0.05, 0) is 31.4 Å². The summed E-state index contributed by atoms with van der Waals surface area (Å²) < 4.78 is 0. The molecular weight excluding hydrogens is 258 g/mol. The molecule has 0 fully saturated rings. The molecule has 1 aromatic carbocycles. The minimum Gasteiger partial charge on any atom is -0.258 e. The first kappa shape index (κ1) is 12.2. The van der Waals surface area contributed by atoms with Crippen molar-refractivity contribution in [2.75, 3.05) is 0 Å². The summed E-state index contributed by atoms with van der Waals surface area (Å²) in [4.78, 5) is 10.7. The molecule has 0 aliphatic rings. The molecule has 0 aliphatic carbocycles. The highest BCUT2D eigenvalue weighted by Gasteiger charge is 2.11. The molecule has 0 aliphatic heterocycles. The molecule has 82 valence electrons. The molecule has 0 heterocycles. The maximum absolute atomic E-state index is 10.6. The predicted octanol–water partition coefficient (Wildman–Crippen LogP) is 3.62. The first-order valence-electron chi connectivity index (χ1n) is 4.92. The standard InChI is InChI=1S/C11H14BrNO2/c1-3-10(12)7-9-4-5-11(13(14)15)8(2)6-9/h4-6,10H,3,7H2,1-2H3. The monoisotopic (exact) mass is 271 g/mol. The molecule has 0 N–H and O–H groups in total. The lowest BCUT2D eigenvalue weighted by molar-refractivity contribution is -0.385. The Morgan fingerprint density at radius 2 is 2.20 bits per heavy atom. The van der Waals surface area contributed by atoms with Crippen LogP contribution in [0.2, 0.25) is 0 Å². The molecule has 15 heavy (non-hydrogen) atoms. The third-order valence-corrected chi connectivity index (χ3v) is 3.33. The van der Waals surface area contributed by atoms with Gasteiger partial charge < -0.3 is 0 Å². The minimum absolute atomic E-state index is 0.196. The number of halogens is 1. The second kappa shape index (κ2) is 5.26. The summed E-state index contributed by atoms with van der Waals surface area (Å²) in [6, 6.07) is 5.30. The van der Waals surface area contributed by atoms with Gasteiger partial charge in [0.05, 0.1) is 4.92 Å². The second-order valence-corrected chi connectivity index (χ2v) is 4.88. The molecule has 0 aromatic heterocycles. The fraction of sp³-hybridized carbons (Fsp3) is 0.455. The van der Waals surface area contributed by atoms with Crippen LogP contribution in [-0.4, -0.2) is 9.75 Å². The van der Waals surface area contributed by atoms with Crippen LogP contribution in [0.4, 0.5) is 5.69 Å². The van der Waals surface area contributed by atoms with E-state index in [-0.39, 0.29) is 10.6 Å². The normalized spacial score (nSPS) is 12.5. The van der Waals surface area contributed by atoms with Gasteiger partial charge in [-0.2, -0.15) is 0 Å². The summed E-state index contributed by atoms with van der Waals surface area (Å²) in [5, 5.41) is 10.6. The molecule has 0 spiro atoms. The van der Waals surface area contributed by atoms with Crippen molar-refractivity contribution in [3.63, 3.8) is 0 Å². The molecule has 0 amide bonds. The third kappa shape index (κ3) is 3.30. The van der Waals surface area contributed by atoms with Crippen LogP contribution >= 0.6 is 15.9 Å². The Kier molecular flexibility index (Phi) is 4.27. The quantitative estimate of drug-likeness (QED) is 0.477. The fourth-order valence-corrected chi connectivity index (χ4v) is 1.82. The first-order valence-corrected chi connectivity index (χ1v) is 5.84. The highest BCUT2D eigenvalue weighted by atomic mass is 79.9. The summed E-state index contributed by atoms with van der Waals surface area (Å²) in [6.07, 6.45) is 1.96. The van der Waals surface area contributed by atoms with Gasteiger partial charge in [0.2, 0.25) is 0 Å². The zero-order valence-electron chi connectivity index (χ0n) is 8.87. The number of nitrogens with zero attached hydrogens (tertiary/aromatic N) is 1. The summed E-state index contributed by atoms with van der Waals surface area (Å²) in [5.74, 6) is 0. The summed E-state index contributed by atoms with van der Waals surface area (Å²) in [6.45, 7) is 3.88. The molecule has 1 rings (SSSR count). The highest BCUT2D eigenvalue weighted by Crippen LogP contribution is 2.21. The minimum atomic E-state index is -0.343. The van der Waals surface area contributed by atoms with Crippen molar-refractivity contribution in [2.24, 2.45) is 0 Å². The van der Waals surface area contributed by atoms with Gasteiger partial charge in [-0.15, -0.1) is 0 Å². The van der Waals surface area contributed by atoms with Gasteiger partial charge in [-0.25, -0.2) is 0 Å². The molecule has 1 atom stereocenters. The molecule has 0 saturated carbocycles. The van der Waals surface area contributed by atoms with Gasteiger partial charge in [0.1, 0.15) is 0 Å². The Bertz CT molecular complexity index is 366. The summed E-state index contributed by atoms with van der Waals surface area (Å²) in [7, 11) is 0. The lowest BCUT2D eigenvalue weighted by Gasteiger charge is -2.07. The number of nitro benzene ring substituents is 1. The lowest BCUT2D eigenvalue weighted by atomic mass is 10.0. The van der Waals surface area contributed by atoms with Crippen LogP contribution in [-0.2, 0) is 6.42 Å². The number of hydrogen-bond acceptors (Lipinski definition) is 2. The Balaban J connectivity index is 2.87. The van der Waals surface area contributed by atoms with E-state index in [0.717, 1.165) is 24.0 Å². The van der Waals surface area contributed by atoms with E-state index in [1.165, 1.54) is 0 Å². The van der Waals surface area contributed by atoms with Gasteiger partial charge in [0, 0.05) is 16.5 Å². The number of rotatable bonds is 4. The predicted molar refractivity (Wildman–Crippen MR) is 64.5 cm³/mol. The molecule has 1 aromatic rings. The molecular formula is C11H14BrNO2. The molecule has 3 nitrogen and oxygen atoms in total. The average Bonchev–Trinajstić information content (AvgIpc) is 2.17. The van der Waals surface area contributed by atoms with Crippen LogP contribution in [0.1, 0.15) is 24.5 Å². The Hall–Kier alpha value is -0.900. The maximum Gasteiger partial charge on any atom is 0.272 e. The van der Waals surface area contributed by atoms with Crippen molar-refractivity contribution in [1.82, 2.24) is 0 Å². The van der Waals surface area contributed by atoms with E-state index in [0.29, 0.717) is 4.83 Å². The molecule has 0 radical (unpaired) electrons. The van der Waals surface area contributed by atoms with Crippen LogP contribution in [0.3, 0.4) is 0 Å². The van der Waals surface area contributed by atoms with Crippen LogP contribution < -0.4 is 0 Å². The maximum atomic E-state index is 10.6. The van der Waals surface area contributed by atoms with E-state index in [1.54, 1.807) is 13.0 Å². The molecule has 0 bridgehead atoms. The van der Waals surface area contributed by atoms with E-state index >= 15 is 0 Å². The van der Waals surface area contributed by atoms with Crippen LogP contribution in [0, 0.1) is 17.0 Å². The topological polar surface area (TPSA) is 43.1 Å². The lowest BCUT2D eigenvalue weighted by Crippen LogP contribution is -2.01. The van der Waals surface area contributed by atoms with E-state index in [4.69, 9.17) is 0 Å². The zero-order valence-corrected chi connectivity index (χ0v) is 10.5. The third-order valence-electron chi connectivity index (χ3n) is 2.36. The van der Waals surface area contributed by atoms with E-state index < -0.39 is 0 Å². The van der Waals surface area contributed by atoms with E-state index in [9.17, 15) is 10.1 Å². The van der Waals surface area contributed by atoms with E-state index in [2.05, 4.69) is 22.9 Å². The number of aryl methyl sites for hydroxylation is 1. The van der Waals surface area contributed by atoms with Crippen LogP contribution in [0.25, 0.3) is 0 Å². The van der Waals surface area contributed by atoms with Crippen molar-refractivity contribution in [3.05, 3.63) is 39.4 Å². The second-order valence-electron chi connectivity index (χ2n) is 3.59. The molecule has 4 heteroatoms. The van der Waals surface area contributed by atoms with Crippen molar-refractivity contribution in [1.29, 1.82) is 0 Å². The van der Waals surface area contributed by atoms with Crippen molar-refractivity contribution >= 4 is 21.6 Å². The van der Waals surface area contributed by atoms with Crippen LogP contribution in [0.5, 0.6) is 0 Å². The van der Waals surface area contributed by atoms with Gasteiger partial charge in [-0.1, -0.05) is 28.9 Å². The largest absolute Gasteiger partial charge is 0.272 e. The Labute approximate surface area is 97.8 Å². The number of alkyl halides is 1. The van der Waals surface area contributed by atoms with Gasteiger partial charge in [0.15, 0.2) is 0 Å². The first-order chi connectivity index (χ1) is 7.04. The van der Waals surface area contributed by atoms with Crippen LogP contribution in [0.15, 0.2) is 18.2 Å². The van der Waals surface area contributed by atoms with Crippen molar-refractivity contribution in [2.45, 2.75) is 31.5 Å².